The average Bonchev–Trinajstić information content (AvgIpc) is 2.81. The van der Waals surface area contributed by atoms with E-state index in [0.29, 0.717) is 5.06 Å². The van der Waals surface area contributed by atoms with Gasteiger partial charge in [-0.15, -0.1) is 10.3 Å². The molecule has 5 atom stereocenters. The highest BCUT2D eigenvalue weighted by Gasteiger charge is 2.51. The number of hydrogen-bond acceptors (Lipinski definition) is 7. The molecule has 2 saturated heterocycles. The second kappa shape index (κ2) is 6.30. The first kappa shape index (κ1) is 18.0. The molecule has 0 aromatic rings. The first-order valence-corrected chi connectivity index (χ1v) is 7.34. The van der Waals surface area contributed by atoms with Crippen molar-refractivity contribution in [2.24, 2.45) is 0 Å². The first-order valence-electron chi connectivity index (χ1n) is 7.34. The maximum absolute atomic E-state index is 12.6. The Morgan fingerprint density at radius 3 is 2.52 bits per heavy atom. The highest BCUT2D eigenvalue weighted by atomic mass is 16.6. The van der Waals surface area contributed by atoms with Crippen LogP contribution in [0.3, 0.4) is 0 Å². The molecule has 2 rings (SSSR count). The van der Waals surface area contributed by atoms with Crippen molar-refractivity contribution in [1.82, 2.24) is 15.3 Å². The molecule has 0 spiro atoms. The number of amidine groups is 1. The largest absolute Gasteiger partial charge is 0.394 e. The number of nitrogens with one attached hydrogen (secondary N) is 2. The van der Waals surface area contributed by atoms with Crippen LogP contribution in [0.15, 0.2) is 0 Å². The van der Waals surface area contributed by atoms with E-state index in [1.165, 1.54) is 0 Å². The maximum Gasteiger partial charge on any atom is 0.326 e. The Bertz CT molecular complexity index is 482. The van der Waals surface area contributed by atoms with E-state index >= 15 is 0 Å². The van der Waals surface area contributed by atoms with Crippen LogP contribution in [0, 0.1) is 5.41 Å². The quantitative estimate of drug-likeness (QED) is 0.401. The van der Waals surface area contributed by atoms with Crippen LogP contribution in [-0.2, 0) is 9.94 Å². The van der Waals surface area contributed by atoms with Crippen LogP contribution in [0.25, 0.3) is 0 Å². The van der Waals surface area contributed by atoms with Crippen molar-refractivity contribution in [3.05, 3.63) is 0 Å². The van der Waals surface area contributed by atoms with Gasteiger partial charge in [0.05, 0.1) is 12.7 Å². The number of aliphatic hydroxyl groups excluding tert-OH is 3. The van der Waals surface area contributed by atoms with E-state index in [9.17, 15) is 20.2 Å². The third-order valence-corrected chi connectivity index (χ3v) is 3.94. The van der Waals surface area contributed by atoms with Crippen molar-refractivity contribution in [2.75, 3.05) is 6.61 Å². The summed E-state index contributed by atoms with van der Waals surface area (Å²) in [5, 5.41) is 52.1. The lowest BCUT2D eigenvalue weighted by Crippen LogP contribution is -2.71. The fraction of sp³-hybridized carbons (Fsp3) is 0.846. The molecule has 10 heteroatoms. The summed E-state index contributed by atoms with van der Waals surface area (Å²) in [6.07, 6.45) is -5.78. The van der Waals surface area contributed by atoms with Crippen LogP contribution >= 0.6 is 0 Å². The first-order chi connectivity index (χ1) is 10.6. The van der Waals surface area contributed by atoms with Gasteiger partial charge in [0.1, 0.15) is 30.4 Å². The number of hydrogen-bond donors (Lipinski definition) is 5. The third-order valence-electron chi connectivity index (χ3n) is 3.94. The monoisotopic (exact) mass is 331 g/mol. The molecule has 5 N–H and O–H groups in total. The molecule has 2 aliphatic heterocycles. The van der Waals surface area contributed by atoms with Gasteiger partial charge in [-0.05, 0) is 20.8 Å². The smallest absolute Gasteiger partial charge is 0.326 e. The zero-order valence-corrected chi connectivity index (χ0v) is 13.3. The summed E-state index contributed by atoms with van der Waals surface area (Å²) in [6, 6.07) is -0.772. The number of urea groups is 1. The van der Waals surface area contributed by atoms with Crippen molar-refractivity contribution in [2.45, 2.75) is 63.4 Å². The predicted octanol–water partition coefficient (Wildman–Crippen LogP) is -1.41. The fourth-order valence-electron chi connectivity index (χ4n) is 2.66. The molecule has 0 aromatic carbocycles. The van der Waals surface area contributed by atoms with E-state index in [1.54, 1.807) is 20.8 Å². The molecule has 23 heavy (non-hydrogen) atoms. The Kier molecular flexibility index (Phi) is 4.95. The molecule has 0 aromatic heterocycles. The summed E-state index contributed by atoms with van der Waals surface area (Å²) in [5.74, 6) is -0.474. The van der Waals surface area contributed by atoms with Crippen molar-refractivity contribution in [3.63, 3.8) is 0 Å². The highest BCUT2D eigenvalue weighted by molar-refractivity contribution is 6.01. The number of rotatable bonds is 3. The molecule has 0 saturated carbocycles. The Morgan fingerprint density at radius 2 is 2.04 bits per heavy atom. The van der Waals surface area contributed by atoms with Crippen molar-refractivity contribution < 1.29 is 30.1 Å². The van der Waals surface area contributed by atoms with E-state index in [-0.39, 0.29) is 6.42 Å². The van der Waals surface area contributed by atoms with Crippen LogP contribution in [0.5, 0.6) is 0 Å². The van der Waals surface area contributed by atoms with Crippen molar-refractivity contribution in [1.29, 1.82) is 5.41 Å². The lowest BCUT2D eigenvalue weighted by atomic mass is 10.0. The number of aliphatic hydroxyl groups is 3. The summed E-state index contributed by atoms with van der Waals surface area (Å²) in [5.41, 5.74) is -0.935. The Balaban J connectivity index is 2.33. The minimum absolute atomic E-state index is 0.00676. The number of nitrogens with zero attached hydrogens (tertiary/aromatic N) is 2. The fourth-order valence-corrected chi connectivity index (χ4v) is 2.66. The van der Waals surface area contributed by atoms with E-state index in [2.05, 4.69) is 5.32 Å². The molecule has 1 radical (unpaired) electrons. The minimum Gasteiger partial charge on any atom is -0.394 e. The molecule has 10 nitrogen and oxygen atoms in total. The zero-order chi connectivity index (χ0) is 17.5. The summed E-state index contributed by atoms with van der Waals surface area (Å²) >= 11 is 0. The van der Waals surface area contributed by atoms with Gasteiger partial charge in [-0.2, -0.15) is 0 Å². The molecule has 2 fully saturated rings. The van der Waals surface area contributed by atoms with Gasteiger partial charge >= 0.3 is 6.03 Å². The van der Waals surface area contributed by atoms with Crippen LogP contribution in [0.4, 0.5) is 4.79 Å². The summed E-state index contributed by atoms with van der Waals surface area (Å²) in [6.45, 7) is 4.41. The average molecular weight is 331 g/mol. The van der Waals surface area contributed by atoms with Gasteiger partial charge < -0.3 is 20.1 Å². The number of carbonyl (C=O) groups excluding carboxylic acids is 1. The number of ether oxygens (including phenoxy) is 1. The van der Waals surface area contributed by atoms with E-state index in [0.717, 1.165) is 4.90 Å². The van der Waals surface area contributed by atoms with Crippen LogP contribution in [0.2, 0.25) is 0 Å². The molecule has 2 aliphatic rings. The van der Waals surface area contributed by atoms with E-state index in [4.69, 9.17) is 15.3 Å². The van der Waals surface area contributed by atoms with Crippen molar-refractivity contribution in [3.8, 4) is 0 Å². The zero-order valence-electron chi connectivity index (χ0n) is 13.3. The van der Waals surface area contributed by atoms with Gasteiger partial charge in [0, 0.05) is 12.0 Å². The molecule has 131 valence electrons. The van der Waals surface area contributed by atoms with Gasteiger partial charge in [0.15, 0.2) is 0 Å². The van der Waals surface area contributed by atoms with Gasteiger partial charge in [-0.1, -0.05) is 0 Å². The second-order valence-corrected chi connectivity index (χ2v) is 6.72. The lowest BCUT2D eigenvalue weighted by molar-refractivity contribution is -0.288. The normalized spacial score (nSPS) is 35.8. The summed E-state index contributed by atoms with van der Waals surface area (Å²) in [4.78, 5) is 13.2. The van der Waals surface area contributed by atoms with Crippen LogP contribution < -0.4 is 5.32 Å². The summed E-state index contributed by atoms with van der Waals surface area (Å²) < 4.78 is 5.43. The van der Waals surface area contributed by atoms with Gasteiger partial charge in [-0.3, -0.25) is 15.6 Å². The molecule has 2 heterocycles. The molecule has 2 unspecified atom stereocenters. The SMILES string of the molecule is CC(C)(C)N([O])C1C(O)C(=N)NC(=O)N1[C@H]1C[C@H](O)[C@@H](CO)O1. The Hall–Kier alpha value is -1.30. The molecular formula is C13H23N4O6. The van der Waals surface area contributed by atoms with Crippen LogP contribution in [-0.4, -0.2) is 80.0 Å². The number of carbonyl (C=O) groups is 1. The van der Waals surface area contributed by atoms with E-state index in [1.807, 2.05) is 0 Å². The molecular weight excluding hydrogens is 308 g/mol. The highest BCUT2D eigenvalue weighted by Crippen LogP contribution is 2.30. The van der Waals surface area contributed by atoms with Gasteiger partial charge in [-0.25, -0.2) is 4.79 Å². The van der Waals surface area contributed by atoms with Gasteiger partial charge in [0.2, 0.25) is 0 Å². The van der Waals surface area contributed by atoms with Crippen molar-refractivity contribution >= 4 is 11.9 Å². The lowest BCUT2D eigenvalue weighted by Gasteiger charge is -2.47. The predicted molar refractivity (Wildman–Crippen MR) is 76.5 cm³/mol. The van der Waals surface area contributed by atoms with Crippen LogP contribution in [0.1, 0.15) is 27.2 Å². The summed E-state index contributed by atoms with van der Waals surface area (Å²) in [7, 11) is 0. The molecule has 0 aliphatic carbocycles. The maximum atomic E-state index is 12.6. The van der Waals surface area contributed by atoms with E-state index < -0.39 is 54.7 Å². The standard InChI is InChI=1S/C13H23N4O6/c1-13(2,3)17(22)11-9(20)10(14)15-12(21)16(11)8-4-6(19)7(5-18)23-8/h6-9,11,18-20H,4-5H2,1-3H3,(H2,14,15,21)/t6-,7+,8+,9?,11?/m0/s1. The number of amides is 2. The third kappa shape index (κ3) is 3.32. The Morgan fingerprint density at radius 1 is 1.43 bits per heavy atom. The molecule has 0 bridgehead atoms. The Labute approximate surface area is 133 Å². The molecule has 2 amide bonds. The number of hydroxylamine groups is 2. The topological polar surface area (TPSA) is 149 Å². The second-order valence-electron chi connectivity index (χ2n) is 6.72. The minimum atomic E-state index is -1.54. The van der Waals surface area contributed by atoms with Gasteiger partial charge in [0.25, 0.3) is 0 Å².